The van der Waals surface area contributed by atoms with Gasteiger partial charge in [0.25, 0.3) is 0 Å². The number of methoxy groups -OCH3 is 1. The maximum atomic E-state index is 12.4. The molecule has 0 unspecified atom stereocenters. The Kier molecular flexibility index (Phi) is 5.40. The summed E-state index contributed by atoms with van der Waals surface area (Å²) in [4.78, 5) is 25.9. The van der Waals surface area contributed by atoms with Crippen molar-refractivity contribution in [1.82, 2.24) is 0 Å². The van der Waals surface area contributed by atoms with Crippen LogP contribution in [0.1, 0.15) is 15.2 Å². The predicted molar refractivity (Wildman–Crippen MR) is 104 cm³/mol. The number of hydrogen-bond acceptors (Lipinski definition) is 5. The van der Waals surface area contributed by atoms with Gasteiger partial charge in [-0.1, -0.05) is 35.9 Å². The zero-order valence-electron chi connectivity index (χ0n) is 13.9. The van der Waals surface area contributed by atoms with Crippen LogP contribution in [0.5, 0.6) is 0 Å². The van der Waals surface area contributed by atoms with Crippen molar-refractivity contribution in [1.29, 1.82) is 0 Å². The van der Waals surface area contributed by atoms with Gasteiger partial charge in [0.05, 0.1) is 18.6 Å². The summed E-state index contributed by atoms with van der Waals surface area (Å²) >= 11 is 2.78. The predicted octanol–water partition coefficient (Wildman–Crippen LogP) is 4.73. The maximum absolute atomic E-state index is 12.4. The summed E-state index contributed by atoms with van der Waals surface area (Å²) in [5, 5.41) is 3.73. The van der Waals surface area contributed by atoms with E-state index in [0.717, 1.165) is 15.0 Å². The number of nitrogens with one attached hydrogen (secondary N) is 1. The molecule has 0 radical (unpaired) electrons. The number of benzene rings is 2. The van der Waals surface area contributed by atoms with Crippen LogP contribution in [0.4, 0.5) is 5.69 Å². The van der Waals surface area contributed by atoms with Gasteiger partial charge in [-0.2, -0.15) is 0 Å². The number of anilines is 1. The maximum Gasteiger partial charge on any atom is 0.350 e. The van der Waals surface area contributed by atoms with E-state index >= 15 is 0 Å². The van der Waals surface area contributed by atoms with Crippen LogP contribution >= 0.6 is 23.1 Å². The van der Waals surface area contributed by atoms with E-state index in [-0.39, 0.29) is 11.7 Å². The van der Waals surface area contributed by atoms with Gasteiger partial charge in [0.1, 0.15) is 4.88 Å². The van der Waals surface area contributed by atoms with E-state index in [1.165, 1.54) is 35.8 Å². The molecule has 6 heteroatoms. The second-order valence-electron chi connectivity index (χ2n) is 5.44. The van der Waals surface area contributed by atoms with Crippen LogP contribution in [0.25, 0.3) is 10.1 Å². The summed E-state index contributed by atoms with van der Waals surface area (Å²) in [5.74, 6) is -0.324. The molecule has 0 fully saturated rings. The molecule has 0 aliphatic rings. The van der Waals surface area contributed by atoms with Gasteiger partial charge in [0.2, 0.25) is 5.91 Å². The number of thioether (sulfide) groups is 1. The lowest BCUT2D eigenvalue weighted by Gasteiger charge is -2.07. The number of carbonyl (C=O) groups is 2. The quantitative estimate of drug-likeness (QED) is 0.520. The number of carbonyl (C=O) groups excluding carboxylic acids is 2. The SMILES string of the molecule is COC(=O)c1sc2ccccc2c1NC(=O)CSc1ccc(C)cc1. The molecule has 1 heterocycles. The van der Waals surface area contributed by atoms with E-state index in [1.807, 2.05) is 55.5 Å². The molecule has 25 heavy (non-hydrogen) atoms. The standard InChI is InChI=1S/C19H17NO3S2/c1-12-7-9-13(10-8-12)24-11-16(21)20-17-14-5-3-4-6-15(14)25-18(17)19(22)23-2/h3-10H,11H2,1-2H3,(H,20,21). The molecule has 0 saturated carbocycles. The summed E-state index contributed by atoms with van der Waals surface area (Å²) in [6, 6.07) is 15.6. The van der Waals surface area contributed by atoms with Gasteiger partial charge < -0.3 is 10.1 Å². The van der Waals surface area contributed by atoms with Crippen molar-refractivity contribution >= 4 is 50.7 Å². The van der Waals surface area contributed by atoms with Crippen molar-refractivity contribution in [3.8, 4) is 0 Å². The first kappa shape index (κ1) is 17.5. The molecule has 0 atom stereocenters. The molecule has 0 bridgehead atoms. The highest BCUT2D eigenvalue weighted by molar-refractivity contribution is 8.00. The fraction of sp³-hybridized carbons (Fsp3) is 0.158. The zero-order chi connectivity index (χ0) is 17.8. The summed E-state index contributed by atoms with van der Waals surface area (Å²) in [5.41, 5.74) is 1.71. The Morgan fingerprint density at radius 2 is 1.84 bits per heavy atom. The van der Waals surface area contributed by atoms with Crippen molar-refractivity contribution in [2.75, 3.05) is 18.2 Å². The van der Waals surface area contributed by atoms with Crippen molar-refractivity contribution in [3.05, 3.63) is 59.0 Å². The average molecular weight is 371 g/mol. The summed E-state index contributed by atoms with van der Waals surface area (Å²) in [6.45, 7) is 2.02. The van der Waals surface area contributed by atoms with E-state index < -0.39 is 5.97 Å². The first-order valence-electron chi connectivity index (χ1n) is 7.67. The van der Waals surface area contributed by atoms with Crippen LogP contribution in [0.2, 0.25) is 0 Å². The smallest absolute Gasteiger partial charge is 0.350 e. The molecular weight excluding hydrogens is 354 g/mol. The largest absolute Gasteiger partial charge is 0.465 e. The minimum absolute atomic E-state index is 0.153. The fourth-order valence-corrected chi connectivity index (χ4v) is 4.14. The van der Waals surface area contributed by atoms with Crippen LogP contribution < -0.4 is 5.32 Å². The Hall–Kier alpha value is -2.31. The monoisotopic (exact) mass is 371 g/mol. The topological polar surface area (TPSA) is 55.4 Å². The summed E-state index contributed by atoms with van der Waals surface area (Å²) in [6.07, 6.45) is 0. The van der Waals surface area contributed by atoms with Crippen LogP contribution in [0.3, 0.4) is 0 Å². The van der Waals surface area contributed by atoms with Gasteiger partial charge >= 0.3 is 5.97 Å². The van der Waals surface area contributed by atoms with E-state index in [4.69, 9.17) is 4.74 Å². The van der Waals surface area contributed by atoms with Gasteiger partial charge in [-0.15, -0.1) is 23.1 Å². The first-order chi connectivity index (χ1) is 12.1. The lowest BCUT2D eigenvalue weighted by atomic mass is 10.2. The van der Waals surface area contributed by atoms with Crippen LogP contribution in [-0.2, 0) is 9.53 Å². The lowest BCUT2D eigenvalue weighted by Crippen LogP contribution is -2.16. The van der Waals surface area contributed by atoms with Crippen LogP contribution in [0, 0.1) is 6.92 Å². The third-order valence-electron chi connectivity index (χ3n) is 3.62. The second-order valence-corrected chi connectivity index (χ2v) is 7.54. The molecular formula is C19H17NO3S2. The van der Waals surface area contributed by atoms with Gasteiger partial charge in [0.15, 0.2) is 0 Å². The number of aryl methyl sites for hydroxylation is 1. The van der Waals surface area contributed by atoms with Crippen molar-refractivity contribution in [3.63, 3.8) is 0 Å². The molecule has 0 aliphatic carbocycles. The van der Waals surface area contributed by atoms with Crippen molar-refractivity contribution in [2.45, 2.75) is 11.8 Å². The number of hydrogen-bond donors (Lipinski definition) is 1. The molecule has 4 nitrogen and oxygen atoms in total. The number of amides is 1. The fourth-order valence-electron chi connectivity index (χ4n) is 2.36. The molecule has 3 aromatic rings. The molecule has 2 aromatic carbocycles. The van der Waals surface area contributed by atoms with Crippen molar-refractivity contribution in [2.24, 2.45) is 0 Å². The molecule has 128 valence electrons. The third-order valence-corrected chi connectivity index (χ3v) is 5.78. The Balaban J connectivity index is 1.78. The first-order valence-corrected chi connectivity index (χ1v) is 9.48. The highest BCUT2D eigenvalue weighted by Crippen LogP contribution is 2.36. The van der Waals surface area contributed by atoms with Gasteiger partial charge in [-0.25, -0.2) is 4.79 Å². The molecule has 0 spiro atoms. The molecule has 0 saturated heterocycles. The van der Waals surface area contributed by atoms with Gasteiger partial charge in [0, 0.05) is 15.0 Å². The number of ether oxygens (including phenoxy) is 1. The highest BCUT2D eigenvalue weighted by Gasteiger charge is 2.20. The van der Waals surface area contributed by atoms with E-state index in [1.54, 1.807) is 0 Å². The Morgan fingerprint density at radius 1 is 1.12 bits per heavy atom. The number of esters is 1. The van der Waals surface area contributed by atoms with Crippen molar-refractivity contribution < 1.29 is 14.3 Å². The molecule has 0 aliphatic heterocycles. The number of fused-ring (bicyclic) bond motifs is 1. The number of rotatable bonds is 5. The average Bonchev–Trinajstić information content (AvgIpc) is 2.99. The third kappa shape index (κ3) is 4.03. The zero-order valence-corrected chi connectivity index (χ0v) is 15.5. The number of thiophene rings is 1. The summed E-state index contributed by atoms with van der Waals surface area (Å²) < 4.78 is 5.78. The molecule has 3 rings (SSSR count). The highest BCUT2D eigenvalue weighted by atomic mass is 32.2. The minimum Gasteiger partial charge on any atom is -0.465 e. The minimum atomic E-state index is -0.442. The Labute approximate surface area is 154 Å². The van der Waals surface area contributed by atoms with E-state index in [0.29, 0.717) is 10.6 Å². The summed E-state index contributed by atoms with van der Waals surface area (Å²) in [7, 11) is 1.34. The van der Waals surface area contributed by atoms with Gasteiger partial charge in [-0.05, 0) is 25.1 Å². The van der Waals surface area contributed by atoms with Crippen LogP contribution in [0.15, 0.2) is 53.4 Å². The Morgan fingerprint density at radius 3 is 2.56 bits per heavy atom. The lowest BCUT2D eigenvalue weighted by molar-refractivity contribution is -0.113. The molecule has 1 aromatic heterocycles. The molecule has 1 N–H and O–H groups in total. The second kappa shape index (κ2) is 7.72. The Bertz CT molecular complexity index is 916. The normalized spacial score (nSPS) is 10.6. The molecule has 1 amide bonds. The van der Waals surface area contributed by atoms with Crippen LogP contribution in [-0.4, -0.2) is 24.7 Å². The van der Waals surface area contributed by atoms with E-state index in [2.05, 4.69) is 5.32 Å². The van der Waals surface area contributed by atoms with E-state index in [9.17, 15) is 9.59 Å². The van der Waals surface area contributed by atoms with Gasteiger partial charge in [-0.3, -0.25) is 4.79 Å².